The van der Waals surface area contributed by atoms with Crippen molar-refractivity contribution in [1.82, 2.24) is 0 Å². The van der Waals surface area contributed by atoms with Crippen molar-refractivity contribution in [2.75, 3.05) is 4.90 Å². The van der Waals surface area contributed by atoms with Gasteiger partial charge in [-0.1, -0.05) is 29.8 Å². The number of anilines is 1. The number of benzene rings is 1. The van der Waals surface area contributed by atoms with E-state index < -0.39 is 0 Å². The maximum absolute atomic E-state index is 12.7. The second-order valence-electron chi connectivity index (χ2n) is 5.96. The minimum Gasteiger partial charge on any atom is -0.274 e. The van der Waals surface area contributed by atoms with Crippen LogP contribution in [0.25, 0.3) is 0 Å². The van der Waals surface area contributed by atoms with E-state index in [2.05, 4.69) is 6.08 Å². The quantitative estimate of drug-likeness (QED) is 0.580. The molecule has 104 valence electrons. The van der Waals surface area contributed by atoms with Gasteiger partial charge in [0.2, 0.25) is 11.8 Å². The van der Waals surface area contributed by atoms with Crippen LogP contribution in [0.5, 0.6) is 0 Å². The van der Waals surface area contributed by atoms with E-state index in [9.17, 15) is 9.59 Å². The third kappa shape index (κ3) is 1.80. The fourth-order valence-corrected chi connectivity index (χ4v) is 3.42. The summed E-state index contributed by atoms with van der Waals surface area (Å²) in [7, 11) is 0. The number of imide groups is 1. The van der Waals surface area contributed by atoms with Gasteiger partial charge in [0.25, 0.3) is 0 Å². The number of allylic oxidation sites excluding steroid dienone is 2. The van der Waals surface area contributed by atoms with Gasteiger partial charge in [-0.25, -0.2) is 4.90 Å². The summed E-state index contributed by atoms with van der Waals surface area (Å²) in [6, 6.07) is 5.86. The molecule has 2 atom stereocenters. The smallest absolute Gasteiger partial charge is 0.238 e. The highest BCUT2D eigenvalue weighted by atomic mass is 16.2. The van der Waals surface area contributed by atoms with Gasteiger partial charge < -0.3 is 0 Å². The Balaban J connectivity index is 2.05. The average molecular weight is 269 g/mol. The Kier molecular flexibility index (Phi) is 3.00. The molecule has 1 heterocycles. The second-order valence-corrected chi connectivity index (χ2v) is 5.96. The van der Waals surface area contributed by atoms with Crippen molar-refractivity contribution in [2.45, 2.75) is 33.6 Å². The zero-order chi connectivity index (χ0) is 14.4. The van der Waals surface area contributed by atoms with E-state index in [0.717, 1.165) is 23.2 Å². The molecule has 2 amide bonds. The molecule has 3 heteroatoms. The number of hydrogen-bond acceptors (Lipinski definition) is 2. The van der Waals surface area contributed by atoms with Gasteiger partial charge in [0.05, 0.1) is 17.5 Å². The molecule has 0 bridgehead atoms. The average Bonchev–Trinajstić information content (AvgIpc) is 2.63. The normalized spacial score (nSPS) is 25.8. The fourth-order valence-electron chi connectivity index (χ4n) is 3.42. The number of carbonyl (C=O) groups excluding carboxylic acids is 2. The molecular weight excluding hydrogens is 250 g/mol. The highest BCUT2D eigenvalue weighted by molar-refractivity contribution is 6.22. The lowest BCUT2D eigenvalue weighted by atomic mass is 9.82. The van der Waals surface area contributed by atoms with Crippen molar-refractivity contribution in [3.63, 3.8) is 0 Å². The van der Waals surface area contributed by atoms with E-state index in [1.165, 1.54) is 10.5 Å². The van der Waals surface area contributed by atoms with Gasteiger partial charge in [0.1, 0.15) is 0 Å². The molecule has 1 aromatic rings. The van der Waals surface area contributed by atoms with Crippen LogP contribution in [0.3, 0.4) is 0 Å². The van der Waals surface area contributed by atoms with Crippen LogP contribution in [-0.2, 0) is 9.59 Å². The van der Waals surface area contributed by atoms with E-state index in [1.807, 2.05) is 39.0 Å². The van der Waals surface area contributed by atoms with E-state index in [4.69, 9.17) is 0 Å². The summed E-state index contributed by atoms with van der Waals surface area (Å²) >= 11 is 0. The van der Waals surface area contributed by atoms with Crippen LogP contribution in [0.15, 0.2) is 29.8 Å². The Morgan fingerprint density at radius 1 is 1.00 bits per heavy atom. The molecule has 1 aliphatic heterocycles. The Morgan fingerprint density at radius 3 is 2.25 bits per heavy atom. The standard InChI is InChI=1S/C17H19NO2/c1-10-7-8-13-14(9-10)17(20)18(16(13)19)15-11(2)5-4-6-12(15)3/h4-7,13-14H,8-9H2,1-3H3. The Morgan fingerprint density at radius 2 is 1.60 bits per heavy atom. The molecule has 0 aromatic heterocycles. The van der Waals surface area contributed by atoms with Gasteiger partial charge in [0, 0.05) is 0 Å². The zero-order valence-electron chi connectivity index (χ0n) is 12.1. The van der Waals surface area contributed by atoms with Crippen molar-refractivity contribution >= 4 is 17.5 Å². The topological polar surface area (TPSA) is 37.4 Å². The van der Waals surface area contributed by atoms with Crippen molar-refractivity contribution in [3.05, 3.63) is 41.0 Å². The number of fused-ring (bicyclic) bond motifs is 1. The van der Waals surface area contributed by atoms with Crippen LogP contribution in [-0.4, -0.2) is 11.8 Å². The second kappa shape index (κ2) is 4.58. The third-order valence-corrected chi connectivity index (χ3v) is 4.49. The molecular formula is C17H19NO2. The maximum Gasteiger partial charge on any atom is 0.238 e. The van der Waals surface area contributed by atoms with Crippen molar-refractivity contribution in [2.24, 2.45) is 11.8 Å². The number of hydrogen-bond donors (Lipinski definition) is 0. The van der Waals surface area contributed by atoms with E-state index in [-0.39, 0.29) is 23.7 Å². The molecule has 0 radical (unpaired) electrons. The molecule has 3 rings (SSSR count). The molecule has 0 saturated carbocycles. The first kappa shape index (κ1) is 13.1. The number of aryl methyl sites for hydroxylation is 2. The monoisotopic (exact) mass is 269 g/mol. The van der Waals surface area contributed by atoms with Gasteiger partial charge in [-0.15, -0.1) is 0 Å². The molecule has 0 spiro atoms. The van der Waals surface area contributed by atoms with Crippen LogP contribution in [0.2, 0.25) is 0 Å². The third-order valence-electron chi connectivity index (χ3n) is 4.49. The molecule has 1 saturated heterocycles. The van der Waals surface area contributed by atoms with E-state index >= 15 is 0 Å². The molecule has 2 aliphatic rings. The van der Waals surface area contributed by atoms with Crippen LogP contribution >= 0.6 is 0 Å². The molecule has 1 aromatic carbocycles. The highest BCUT2D eigenvalue weighted by Gasteiger charge is 2.49. The van der Waals surface area contributed by atoms with Crippen molar-refractivity contribution in [3.8, 4) is 0 Å². The number of nitrogens with zero attached hydrogens (tertiary/aromatic N) is 1. The SMILES string of the molecule is CC1=CCC2C(=O)N(c3c(C)cccc3C)C(=O)C2C1. The summed E-state index contributed by atoms with van der Waals surface area (Å²) in [5.41, 5.74) is 3.97. The predicted octanol–water partition coefficient (Wildman–Crippen LogP) is 3.15. The molecule has 1 aliphatic carbocycles. The van der Waals surface area contributed by atoms with E-state index in [0.29, 0.717) is 6.42 Å². The van der Waals surface area contributed by atoms with Crippen LogP contribution in [0, 0.1) is 25.7 Å². The van der Waals surface area contributed by atoms with Crippen LogP contribution in [0.4, 0.5) is 5.69 Å². The summed E-state index contributed by atoms with van der Waals surface area (Å²) < 4.78 is 0. The van der Waals surface area contributed by atoms with E-state index in [1.54, 1.807) is 0 Å². The lowest BCUT2D eigenvalue weighted by molar-refractivity contribution is -0.122. The Bertz CT molecular complexity index is 610. The molecule has 0 N–H and O–H groups in total. The summed E-state index contributed by atoms with van der Waals surface area (Å²) in [5.74, 6) is -0.372. The van der Waals surface area contributed by atoms with Gasteiger partial charge in [-0.2, -0.15) is 0 Å². The lowest BCUT2D eigenvalue weighted by Gasteiger charge is -2.19. The first-order chi connectivity index (χ1) is 9.50. The van der Waals surface area contributed by atoms with Crippen LogP contribution in [0.1, 0.15) is 30.9 Å². The number of para-hydroxylation sites is 1. The summed E-state index contributed by atoms with van der Waals surface area (Å²) in [5, 5.41) is 0. The molecule has 1 fully saturated rings. The summed E-state index contributed by atoms with van der Waals surface area (Å²) in [6.45, 7) is 5.94. The summed E-state index contributed by atoms with van der Waals surface area (Å²) in [4.78, 5) is 26.8. The first-order valence-corrected chi connectivity index (χ1v) is 7.10. The van der Waals surface area contributed by atoms with Gasteiger partial charge in [-0.05, 0) is 44.7 Å². The number of carbonyl (C=O) groups is 2. The zero-order valence-corrected chi connectivity index (χ0v) is 12.1. The van der Waals surface area contributed by atoms with Crippen molar-refractivity contribution < 1.29 is 9.59 Å². The number of amides is 2. The van der Waals surface area contributed by atoms with Gasteiger partial charge in [0.15, 0.2) is 0 Å². The minimum atomic E-state index is -0.162. The Labute approximate surface area is 119 Å². The molecule has 20 heavy (non-hydrogen) atoms. The Hall–Kier alpha value is -1.90. The first-order valence-electron chi connectivity index (χ1n) is 7.10. The fraction of sp³-hybridized carbons (Fsp3) is 0.412. The molecule has 2 unspecified atom stereocenters. The predicted molar refractivity (Wildman–Crippen MR) is 78.4 cm³/mol. The lowest BCUT2D eigenvalue weighted by Crippen LogP contribution is -2.32. The maximum atomic E-state index is 12.7. The highest BCUT2D eigenvalue weighted by Crippen LogP contribution is 2.41. The largest absolute Gasteiger partial charge is 0.274 e. The summed E-state index contributed by atoms with van der Waals surface area (Å²) in [6.07, 6.45) is 3.51. The van der Waals surface area contributed by atoms with Crippen LogP contribution < -0.4 is 4.90 Å². The number of rotatable bonds is 1. The van der Waals surface area contributed by atoms with Gasteiger partial charge >= 0.3 is 0 Å². The minimum absolute atomic E-state index is 0.0233. The van der Waals surface area contributed by atoms with Gasteiger partial charge in [-0.3, -0.25) is 9.59 Å². The molecule has 3 nitrogen and oxygen atoms in total. The van der Waals surface area contributed by atoms with Crippen molar-refractivity contribution in [1.29, 1.82) is 0 Å².